The Morgan fingerprint density at radius 3 is 2.86 bits per heavy atom. The van der Waals surface area contributed by atoms with E-state index in [4.69, 9.17) is 6.42 Å². The van der Waals surface area contributed by atoms with E-state index in [0.29, 0.717) is 12.8 Å². The number of ketones is 1. The van der Waals surface area contributed by atoms with Crippen molar-refractivity contribution in [2.24, 2.45) is 0 Å². The molecule has 1 aromatic carbocycles. The number of hydrogen-bond acceptors (Lipinski definition) is 1. The number of benzene rings is 1. The first-order valence-electron chi connectivity index (χ1n) is 4.38. The van der Waals surface area contributed by atoms with Crippen molar-refractivity contribution in [2.45, 2.75) is 19.8 Å². The Hall–Kier alpha value is -1.07. The molecule has 0 fully saturated rings. The number of carbonyl (C=O) groups is 1. The van der Waals surface area contributed by atoms with Crippen molar-refractivity contribution in [3.05, 3.63) is 33.8 Å². The number of halogens is 1. The highest BCUT2D eigenvalue weighted by Crippen LogP contribution is 2.18. The van der Waals surface area contributed by atoms with E-state index >= 15 is 0 Å². The zero-order valence-electron chi connectivity index (χ0n) is 8.01. The molecule has 0 atom stereocenters. The Bertz CT molecular complexity index is 388. The van der Waals surface area contributed by atoms with Crippen LogP contribution in [-0.4, -0.2) is 5.78 Å². The van der Waals surface area contributed by atoms with Crippen molar-refractivity contribution in [3.63, 3.8) is 0 Å². The lowest BCUT2D eigenvalue weighted by atomic mass is 10.1. The average Bonchev–Trinajstić information content (AvgIpc) is 2.18. The van der Waals surface area contributed by atoms with Crippen LogP contribution in [0.4, 0.5) is 0 Å². The molecule has 0 aliphatic heterocycles. The van der Waals surface area contributed by atoms with Crippen molar-refractivity contribution in [1.29, 1.82) is 0 Å². The van der Waals surface area contributed by atoms with Crippen LogP contribution in [0.3, 0.4) is 0 Å². The lowest BCUT2D eigenvalue weighted by Crippen LogP contribution is -1.98. The number of terminal acetylenes is 1. The first-order chi connectivity index (χ1) is 6.65. The van der Waals surface area contributed by atoms with E-state index in [1.54, 1.807) is 0 Å². The van der Waals surface area contributed by atoms with E-state index in [0.717, 1.165) is 15.6 Å². The van der Waals surface area contributed by atoms with Crippen LogP contribution in [0.25, 0.3) is 0 Å². The van der Waals surface area contributed by atoms with Crippen LogP contribution in [0.1, 0.15) is 28.8 Å². The van der Waals surface area contributed by atoms with Crippen molar-refractivity contribution in [2.75, 3.05) is 0 Å². The first kappa shape index (κ1) is 11.0. The second-order valence-corrected chi connectivity index (χ2v) is 3.95. The van der Waals surface area contributed by atoms with E-state index < -0.39 is 0 Å². The topological polar surface area (TPSA) is 17.1 Å². The number of aryl methyl sites for hydroxylation is 1. The molecule has 72 valence electrons. The van der Waals surface area contributed by atoms with Gasteiger partial charge in [0.1, 0.15) is 0 Å². The highest BCUT2D eigenvalue weighted by atomic mass is 79.9. The summed E-state index contributed by atoms with van der Waals surface area (Å²) in [7, 11) is 0. The molecule has 0 N–H and O–H groups in total. The van der Waals surface area contributed by atoms with Gasteiger partial charge in [-0.05, 0) is 18.6 Å². The van der Waals surface area contributed by atoms with Gasteiger partial charge in [0, 0.05) is 22.9 Å². The summed E-state index contributed by atoms with van der Waals surface area (Å²) >= 11 is 3.39. The molecule has 0 spiro atoms. The molecular weight excluding hydrogens is 240 g/mol. The van der Waals surface area contributed by atoms with Crippen LogP contribution >= 0.6 is 15.9 Å². The third-order valence-electron chi connectivity index (χ3n) is 1.99. The summed E-state index contributed by atoms with van der Waals surface area (Å²) in [6.45, 7) is 1.99. The van der Waals surface area contributed by atoms with Gasteiger partial charge in [-0.2, -0.15) is 0 Å². The fourth-order valence-corrected chi connectivity index (χ4v) is 1.48. The second-order valence-electron chi connectivity index (χ2n) is 3.09. The van der Waals surface area contributed by atoms with Gasteiger partial charge in [0.05, 0.1) is 0 Å². The number of rotatable bonds is 3. The van der Waals surface area contributed by atoms with Crippen molar-refractivity contribution in [1.82, 2.24) is 0 Å². The molecule has 0 aromatic heterocycles. The van der Waals surface area contributed by atoms with Gasteiger partial charge in [0.2, 0.25) is 0 Å². The lowest BCUT2D eigenvalue weighted by molar-refractivity contribution is 0.0984. The molecule has 2 heteroatoms. The van der Waals surface area contributed by atoms with Gasteiger partial charge >= 0.3 is 0 Å². The molecular formula is C12H11BrO. The summed E-state index contributed by atoms with van der Waals surface area (Å²) in [5.41, 5.74) is 1.84. The molecule has 0 saturated heterocycles. The van der Waals surface area contributed by atoms with Crippen LogP contribution < -0.4 is 0 Å². The van der Waals surface area contributed by atoms with Gasteiger partial charge in [-0.1, -0.05) is 28.1 Å². The summed E-state index contributed by atoms with van der Waals surface area (Å²) in [5, 5.41) is 0. The Labute approximate surface area is 92.6 Å². The molecule has 0 aliphatic rings. The number of Topliss-reactive ketones (excluding diaryl/α,β-unsaturated/α-hetero) is 1. The van der Waals surface area contributed by atoms with E-state index in [-0.39, 0.29) is 5.78 Å². The van der Waals surface area contributed by atoms with Crippen molar-refractivity contribution < 1.29 is 4.79 Å². The van der Waals surface area contributed by atoms with E-state index in [1.165, 1.54) is 0 Å². The SMILES string of the molecule is C#CCCC(=O)c1ccc(C)c(Br)c1. The normalized spacial score (nSPS) is 9.50. The van der Waals surface area contributed by atoms with Crippen LogP contribution in [0.5, 0.6) is 0 Å². The lowest BCUT2D eigenvalue weighted by Gasteiger charge is -2.01. The van der Waals surface area contributed by atoms with Crippen molar-refractivity contribution in [3.8, 4) is 12.3 Å². The van der Waals surface area contributed by atoms with Crippen LogP contribution in [0.2, 0.25) is 0 Å². The smallest absolute Gasteiger partial charge is 0.163 e. The summed E-state index contributed by atoms with van der Waals surface area (Å²) in [4.78, 5) is 11.6. The third kappa shape index (κ3) is 2.71. The fraction of sp³-hybridized carbons (Fsp3) is 0.250. The number of hydrogen-bond donors (Lipinski definition) is 0. The minimum absolute atomic E-state index is 0.101. The molecule has 14 heavy (non-hydrogen) atoms. The zero-order chi connectivity index (χ0) is 10.6. The zero-order valence-corrected chi connectivity index (χ0v) is 9.60. The van der Waals surface area contributed by atoms with Gasteiger partial charge < -0.3 is 0 Å². The maximum absolute atomic E-state index is 11.6. The van der Waals surface area contributed by atoms with E-state index in [2.05, 4.69) is 21.9 Å². The summed E-state index contributed by atoms with van der Waals surface area (Å²) in [6, 6.07) is 5.60. The molecule has 1 rings (SSSR count). The predicted molar refractivity (Wildman–Crippen MR) is 61.3 cm³/mol. The quantitative estimate of drug-likeness (QED) is 0.594. The van der Waals surface area contributed by atoms with Gasteiger partial charge in [-0.25, -0.2) is 0 Å². The maximum atomic E-state index is 11.6. The first-order valence-corrected chi connectivity index (χ1v) is 5.17. The number of carbonyl (C=O) groups excluding carboxylic acids is 1. The van der Waals surface area contributed by atoms with Crippen LogP contribution in [-0.2, 0) is 0 Å². The van der Waals surface area contributed by atoms with E-state index in [1.807, 2.05) is 25.1 Å². The molecule has 0 amide bonds. The highest BCUT2D eigenvalue weighted by Gasteiger charge is 2.05. The summed E-state index contributed by atoms with van der Waals surface area (Å²) in [5.74, 6) is 2.56. The summed E-state index contributed by atoms with van der Waals surface area (Å²) in [6.07, 6.45) is 6.02. The van der Waals surface area contributed by atoms with Gasteiger partial charge in [0.15, 0.2) is 5.78 Å². The molecule has 0 aliphatic carbocycles. The Kier molecular flexibility index (Phi) is 3.91. The Morgan fingerprint density at radius 1 is 1.57 bits per heavy atom. The minimum atomic E-state index is 0.101. The van der Waals surface area contributed by atoms with E-state index in [9.17, 15) is 4.79 Å². The molecule has 0 heterocycles. The standard InChI is InChI=1S/C12H11BrO/c1-3-4-5-12(14)10-7-6-9(2)11(13)8-10/h1,6-8H,4-5H2,2H3. The molecule has 0 bridgehead atoms. The highest BCUT2D eigenvalue weighted by molar-refractivity contribution is 9.10. The third-order valence-corrected chi connectivity index (χ3v) is 2.84. The largest absolute Gasteiger partial charge is 0.294 e. The summed E-state index contributed by atoms with van der Waals surface area (Å²) < 4.78 is 0.962. The van der Waals surface area contributed by atoms with Crippen LogP contribution in [0, 0.1) is 19.3 Å². The maximum Gasteiger partial charge on any atom is 0.163 e. The molecule has 1 aromatic rings. The van der Waals surface area contributed by atoms with Gasteiger partial charge in [-0.15, -0.1) is 12.3 Å². The molecule has 0 saturated carbocycles. The molecule has 1 nitrogen and oxygen atoms in total. The van der Waals surface area contributed by atoms with Gasteiger partial charge in [0.25, 0.3) is 0 Å². The fourth-order valence-electron chi connectivity index (χ4n) is 1.10. The Balaban J connectivity index is 2.82. The van der Waals surface area contributed by atoms with Gasteiger partial charge in [-0.3, -0.25) is 4.79 Å². The van der Waals surface area contributed by atoms with Crippen LogP contribution in [0.15, 0.2) is 22.7 Å². The molecule has 0 radical (unpaired) electrons. The van der Waals surface area contributed by atoms with Crippen molar-refractivity contribution >= 4 is 21.7 Å². The molecule has 0 unspecified atom stereocenters. The predicted octanol–water partition coefficient (Wildman–Crippen LogP) is 3.35. The monoisotopic (exact) mass is 250 g/mol. The second kappa shape index (κ2) is 4.97. The average molecular weight is 251 g/mol. The minimum Gasteiger partial charge on any atom is -0.294 e. The Morgan fingerprint density at radius 2 is 2.29 bits per heavy atom.